The van der Waals surface area contributed by atoms with E-state index in [9.17, 15) is 0 Å². The van der Waals surface area contributed by atoms with E-state index < -0.39 is 0 Å². The average Bonchev–Trinajstić information content (AvgIpc) is 3.61. The normalized spacial score (nSPS) is 17.7. The predicted octanol–water partition coefficient (Wildman–Crippen LogP) is 16.1. The van der Waals surface area contributed by atoms with E-state index in [4.69, 9.17) is 6.58 Å². The lowest BCUT2D eigenvalue weighted by molar-refractivity contribution is 0.660. The molecule has 1 aromatic heterocycles. The van der Waals surface area contributed by atoms with Crippen molar-refractivity contribution < 1.29 is 0 Å². The van der Waals surface area contributed by atoms with Gasteiger partial charge in [0.05, 0.1) is 5.52 Å². The van der Waals surface area contributed by atoms with E-state index in [2.05, 4.69) is 237 Å². The summed E-state index contributed by atoms with van der Waals surface area (Å²) in [4.78, 5) is 2.36. The molecule has 7 aromatic rings. The molecule has 0 saturated carbocycles. The maximum absolute atomic E-state index is 4.84. The summed E-state index contributed by atoms with van der Waals surface area (Å²) >= 11 is 0. The lowest BCUT2D eigenvalue weighted by atomic mass is 9.81. The van der Waals surface area contributed by atoms with Crippen molar-refractivity contribution in [2.75, 3.05) is 4.90 Å². The first-order valence-corrected chi connectivity index (χ1v) is 22.0. The Morgan fingerprint density at radius 1 is 0.694 bits per heavy atom. The summed E-state index contributed by atoms with van der Waals surface area (Å²) in [5.74, 6) is 0.441. The first-order valence-electron chi connectivity index (χ1n) is 22.0. The van der Waals surface area contributed by atoms with E-state index >= 15 is 0 Å². The predicted molar refractivity (Wildman–Crippen MR) is 265 cm³/mol. The number of hydrogen-bond acceptors (Lipinski definition) is 1. The molecule has 0 saturated heterocycles. The van der Waals surface area contributed by atoms with E-state index in [1.807, 2.05) is 0 Å². The first kappa shape index (κ1) is 39.0. The Morgan fingerprint density at radius 2 is 1.37 bits per heavy atom. The monoisotopic (exact) mass is 800 g/mol. The van der Waals surface area contributed by atoms with Crippen LogP contribution < -0.4 is 4.90 Å². The van der Waals surface area contributed by atoms with Crippen LogP contribution in [0.3, 0.4) is 0 Å². The molecule has 62 heavy (non-hydrogen) atoms. The van der Waals surface area contributed by atoms with Crippen LogP contribution in [0.25, 0.3) is 56.1 Å². The number of nitrogens with zero attached hydrogens (tertiary/aromatic N) is 2. The summed E-state index contributed by atoms with van der Waals surface area (Å²) in [6, 6.07) is 55.1. The van der Waals surface area contributed by atoms with E-state index in [0.717, 1.165) is 24.2 Å². The van der Waals surface area contributed by atoms with Crippen LogP contribution in [-0.2, 0) is 5.41 Å². The van der Waals surface area contributed by atoms with Crippen LogP contribution in [0.5, 0.6) is 0 Å². The molecular formula is C60H52N2. The molecular weight excluding hydrogens is 749 g/mol. The molecule has 0 amide bonds. The second kappa shape index (κ2) is 16.0. The van der Waals surface area contributed by atoms with Crippen LogP contribution in [0.2, 0.25) is 0 Å². The van der Waals surface area contributed by atoms with Crippen molar-refractivity contribution in [3.05, 3.63) is 246 Å². The molecule has 3 aliphatic rings. The Labute approximate surface area is 367 Å². The summed E-state index contributed by atoms with van der Waals surface area (Å²) in [5.41, 5.74) is 20.6. The van der Waals surface area contributed by atoms with Gasteiger partial charge < -0.3 is 9.47 Å². The minimum atomic E-state index is -0.171. The second-order valence-electron chi connectivity index (χ2n) is 17.4. The molecule has 1 atom stereocenters. The zero-order chi connectivity index (χ0) is 42.4. The van der Waals surface area contributed by atoms with E-state index in [1.54, 1.807) is 0 Å². The van der Waals surface area contributed by atoms with Gasteiger partial charge in [0.1, 0.15) is 0 Å². The lowest BCUT2D eigenvalue weighted by Crippen LogP contribution is -2.22. The highest BCUT2D eigenvalue weighted by atomic mass is 15.2. The first-order chi connectivity index (χ1) is 30.3. The SMILES string of the molecule is C=C(/C=C1\C(=C/C)c2ccccc2C1(C)C)N(C1=CC=C(c2ccc3c(c2)c2c(n3-c3ccccc3)C=CCC2C)C=CC1)c1ccc(-c2cccc(-c3ccccc3)c2)cc1. The van der Waals surface area contributed by atoms with Crippen molar-refractivity contribution in [2.45, 2.75) is 51.9 Å². The Hall–Kier alpha value is -7.16. The summed E-state index contributed by atoms with van der Waals surface area (Å²) in [5, 5.41) is 1.33. The van der Waals surface area contributed by atoms with Gasteiger partial charge in [-0.3, -0.25) is 0 Å². The smallest absolute Gasteiger partial charge is 0.0538 e. The molecule has 0 spiro atoms. The molecule has 302 valence electrons. The molecule has 0 aliphatic heterocycles. The van der Waals surface area contributed by atoms with Gasteiger partial charge in [-0.25, -0.2) is 0 Å². The van der Waals surface area contributed by atoms with Gasteiger partial charge in [0.2, 0.25) is 0 Å². The average molecular weight is 801 g/mol. The van der Waals surface area contributed by atoms with Crippen LogP contribution in [0.1, 0.15) is 74.4 Å². The van der Waals surface area contributed by atoms with Gasteiger partial charge in [-0.05, 0) is 141 Å². The van der Waals surface area contributed by atoms with Crippen molar-refractivity contribution in [1.82, 2.24) is 4.57 Å². The fourth-order valence-electron chi connectivity index (χ4n) is 10.0. The Bertz CT molecular complexity index is 3050. The maximum atomic E-state index is 4.84. The van der Waals surface area contributed by atoms with Gasteiger partial charge in [0, 0.05) is 45.7 Å². The molecule has 1 heterocycles. The molecule has 0 fully saturated rings. The van der Waals surface area contributed by atoms with Crippen molar-refractivity contribution in [3.63, 3.8) is 0 Å². The fraction of sp³-hybridized carbons (Fsp3) is 0.133. The standard InChI is InChI=1S/C60H52N2/c1-6-52-53-27-13-14-28-55(53)60(4,5)56(52)38-42(3)61(51-35-31-45(32-36-51)47-23-16-22-46(39-47)43-19-9-7-10-20-43)50-26-17-21-44(30-34-50)48-33-37-57-54(40-48)59-41(2)18-15-29-58(59)62(57)49-24-11-8-12-25-49/h6-17,19-25,27-41H,3,18,26H2,1-2,4-5H3/b52-6-,56-38+. The van der Waals surface area contributed by atoms with Gasteiger partial charge in [0.25, 0.3) is 0 Å². The highest BCUT2D eigenvalue weighted by Crippen LogP contribution is 2.50. The summed E-state index contributed by atoms with van der Waals surface area (Å²) in [6.07, 6.45) is 20.3. The van der Waals surface area contributed by atoms with Gasteiger partial charge in [-0.2, -0.15) is 0 Å². The lowest BCUT2D eigenvalue weighted by Gasteiger charge is -2.30. The zero-order valence-electron chi connectivity index (χ0n) is 36.1. The van der Waals surface area contributed by atoms with E-state index in [1.165, 1.54) is 89.2 Å². The highest BCUT2D eigenvalue weighted by molar-refractivity contribution is 5.95. The Balaban J connectivity index is 1.05. The van der Waals surface area contributed by atoms with Gasteiger partial charge in [0.15, 0.2) is 0 Å². The molecule has 2 heteroatoms. The highest BCUT2D eigenvalue weighted by Gasteiger charge is 2.38. The quantitative estimate of drug-likeness (QED) is 0.149. The summed E-state index contributed by atoms with van der Waals surface area (Å²) in [7, 11) is 0. The van der Waals surface area contributed by atoms with Crippen molar-refractivity contribution in [1.29, 1.82) is 0 Å². The van der Waals surface area contributed by atoms with Gasteiger partial charge >= 0.3 is 0 Å². The largest absolute Gasteiger partial charge is 0.315 e. The number of aromatic nitrogens is 1. The number of allylic oxidation sites excluding steroid dienone is 10. The number of para-hydroxylation sites is 1. The third-order valence-corrected chi connectivity index (χ3v) is 13.2. The fourth-order valence-corrected chi connectivity index (χ4v) is 10.0. The third kappa shape index (κ3) is 6.86. The maximum Gasteiger partial charge on any atom is 0.0538 e. The van der Waals surface area contributed by atoms with Crippen LogP contribution in [0, 0.1) is 0 Å². The van der Waals surface area contributed by atoms with Crippen molar-refractivity contribution in [2.24, 2.45) is 0 Å². The molecule has 2 nitrogen and oxygen atoms in total. The number of rotatable bonds is 8. The summed E-state index contributed by atoms with van der Waals surface area (Å²) < 4.78 is 2.43. The van der Waals surface area contributed by atoms with Crippen LogP contribution in [0.15, 0.2) is 218 Å². The van der Waals surface area contributed by atoms with Gasteiger partial charge in [-0.1, -0.05) is 167 Å². The molecule has 3 aliphatic carbocycles. The van der Waals surface area contributed by atoms with Crippen LogP contribution >= 0.6 is 0 Å². The third-order valence-electron chi connectivity index (χ3n) is 13.2. The second-order valence-corrected chi connectivity index (χ2v) is 17.4. The number of fused-ring (bicyclic) bond motifs is 4. The van der Waals surface area contributed by atoms with E-state index in [0.29, 0.717) is 5.92 Å². The topological polar surface area (TPSA) is 8.17 Å². The number of benzene rings is 6. The van der Waals surface area contributed by atoms with E-state index in [-0.39, 0.29) is 5.41 Å². The molecule has 0 bridgehead atoms. The van der Waals surface area contributed by atoms with Gasteiger partial charge in [-0.15, -0.1) is 0 Å². The molecule has 0 radical (unpaired) electrons. The molecule has 6 aromatic carbocycles. The minimum absolute atomic E-state index is 0.171. The van der Waals surface area contributed by atoms with Crippen molar-refractivity contribution in [3.8, 4) is 27.9 Å². The Morgan fingerprint density at radius 3 is 2.13 bits per heavy atom. The Kier molecular flexibility index (Phi) is 10.1. The molecule has 1 unspecified atom stereocenters. The number of anilines is 1. The molecule has 0 N–H and O–H groups in total. The van der Waals surface area contributed by atoms with Crippen LogP contribution in [-0.4, -0.2) is 4.57 Å². The zero-order valence-corrected chi connectivity index (χ0v) is 36.1. The number of hydrogen-bond donors (Lipinski definition) is 0. The van der Waals surface area contributed by atoms with Crippen LogP contribution in [0.4, 0.5) is 5.69 Å². The minimum Gasteiger partial charge on any atom is -0.315 e. The molecule has 10 rings (SSSR count). The van der Waals surface area contributed by atoms with Crippen molar-refractivity contribution >= 4 is 33.8 Å². The summed E-state index contributed by atoms with van der Waals surface area (Å²) in [6.45, 7) is 14.0.